The van der Waals surface area contributed by atoms with Crippen LogP contribution in [0.2, 0.25) is 5.02 Å². The number of rotatable bonds is 0. The molecule has 0 aliphatic heterocycles. The zero-order chi connectivity index (χ0) is 7.72. The van der Waals surface area contributed by atoms with Crippen LogP contribution in [0, 0.1) is 0 Å². The molecule has 2 N–H and O–H groups in total. The van der Waals surface area contributed by atoms with Crippen molar-refractivity contribution in [2.75, 3.05) is 5.73 Å². The normalized spacial score (nSPS) is 9.80. The fraction of sp³-hybridized carbons (Fsp3) is 0.167. The summed E-state index contributed by atoms with van der Waals surface area (Å²) in [5, 5.41) is 0.155. The van der Waals surface area contributed by atoms with Gasteiger partial charge in [-0.2, -0.15) is 0 Å². The number of halogens is 1. The highest BCUT2D eigenvalue weighted by atomic mass is 35.5. The number of hydrogen-bond acceptors (Lipinski definition) is 2. The molecule has 0 aliphatic rings. The Morgan fingerprint density at radius 1 is 1.60 bits per heavy atom. The van der Waals surface area contributed by atoms with Gasteiger partial charge in [-0.1, -0.05) is 11.6 Å². The molecule has 54 valence electrons. The first kappa shape index (κ1) is 7.15. The van der Waals surface area contributed by atoms with Crippen LogP contribution in [0.5, 0.6) is 0 Å². The number of nitrogens with two attached hydrogens (primary N) is 1. The maximum Gasteiger partial charge on any atom is 0.222 e. The fourth-order valence-corrected chi connectivity index (χ4v) is 0.954. The van der Waals surface area contributed by atoms with Gasteiger partial charge >= 0.3 is 0 Å². The van der Waals surface area contributed by atoms with Crippen LogP contribution in [-0.4, -0.2) is 4.57 Å². The van der Waals surface area contributed by atoms with Crippen LogP contribution in [0.15, 0.2) is 17.2 Å². The quantitative estimate of drug-likeness (QED) is 0.602. The van der Waals surface area contributed by atoms with Crippen molar-refractivity contribution >= 4 is 17.3 Å². The fourth-order valence-electron chi connectivity index (χ4n) is 0.691. The van der Waals surface area contributed by atoms with Gasteiger partial charge in [-0.3, -0.25) is 4.79 Å². The summed E-state index contributed by atoms with van der Waals surface area (Å²) in [7, 11) is 1.75. The average molecular weight is 159 g/mol. The Hall–Kier alpha value is -0.960. The van der Waals surface area contributed by atoms with E-state index < -0.39 is 0 Å². The smallest absolute Gasteiger partial charge is 0.222 e. The molecule has 3 nitrogen and oxygen atoms in total. The molecule has 1 aromatic rings. The first-order valence-electron chi connectivity index (χ1n) is 2.72. The average Bonchev–Trinajstić information content (AvgIpc) is 1.82. The van der Waals surface area contributed by atoms with Crippen molar-refractivity contribution in [1.29, 1.82) is 0 Å². The largest absolute Gasteiger partial charge is 0.394 e. The summed E-state index contributed by atoms with van der Waals surface area (Å²) in [6, 6.07) is 0. The molecule has 0 spiro atoms. The number of hydrogen-bond donors (Lipinski definition) is 1. The third-order valence-electron chi connectivity index (χ3n) is 1.14. The minimum Gasteiger partial charge on any atom is -0.394 e. The van der Waals surface area contributed by atoms with E-state index in [9.17, 15) is 4.79 Å². The van der Waals surface area contributed by atoms with E-state index in [2.05, 4.69) is 0 Å². The molecular weight excluding hydrogens is 152 g/mol. The number of aryl methyl sites for hydroxylation is 1. The molecule has 4 heteroatoms. The highest BCUT2D eigenvalue weighted by Crippen LogP contribution is 2.02. The van der Waals surface area contributed by atoms with Crippen molar-refractivity contribution in [1.82, 2.24) is 4.57 Å². The Kier molecular flexibility index (Phi) is 1.68. The Morgan fingerprint density at radius 2 is 2.20 bits per heavy atom. The molecule has 0 saturated heterocycles. The molecule has 0 radical (unpaired) electrons. The van der Waals surface area contributed by atoms with Gasteiger partial charge in [0.05, 0.1) is 5.69 Å². The third kappa shape index (κ3) is 1.14. The van der Waals surface area contributed by atoms with E-state index in [1.807, 2.05) is 0 Å². The molecule has 10 heavy (non-hydrogen) atoms. The van der Waals surface area contributed by atoms with Gasteiger partial charge in [0, 0.05) is 19.4 Å². The van der Waals surface area contributed by atoms with Crippen LogP contribution in [0.4, 0.5) is 5.69 Å². The number of nitrogen functional groups attached to an aromatic ring is 1. The van der Waals surface area contributed by atoms with E-state index in [0.717, 1.165) is 0 Å². The van der Waals surface area contributed by atoms with Gasteiger partial charge in [-0.15, -0.1) is 0 Å². The Labute approximate surface area is 63.0 Å². The second kappa shape index (κ2) is 2.34. The summed E-state index contributed by atoms with van der Waals surface area (Å²) in [6.07, 6.45) is 3.04. The minimum atomic E-state index is -0.306. The summed E-state index contributed by atoms with van der Waals surface area (Å²) in [5.41, 5.74) is 5.17. The number of anilines is 1. The summed E-state index contributed by atoms with van der Waals surface area (Å²) in [5.74, 6) is 0. The van der Waals surface area contributed by atoms with E-state index in [1.54, 1.807) is 11.6 Å². The summed E-state index contributed by atoms with van der Waals surface area (Å²) in [4.78, 5) is 10.9. The summed E-state index contributed by atoms with van der Waals surface area (Å²) < 4.78 is 1.64. The molecule has 1 rings (SSSR count). The molecule has 1 heterocycles. The van der Waals surface area contributed by atoms with Crippen molar-refractivity contribution in [3.05, 3.63) is 27.6 Å². The molecule has 0 fully saturated rings. The lowest BCUT2D eigenvalue weighted by Crippen LogP contribution is -2.10. The molecular formula is C6H7ClN2O. The lowest BCUT2D eigenvalue weighted by atomic mass is 10.4. The predicted octanol–water partition coefficient (Wildman–Crippen LogP) is 0.621. The van der Waals surface area contributed by atoms with Gasteiger partial charge < -0.3 is 10.3 Å². The van der Waals surface area contributed by atoms with Crippen LogP contribution in [0.1, 0.15) is 0 Å². The van der Waals surface area contributed by atoms with Gasteiger partial charge in [0.1, 0.15) is 5.02 Å². The van der Waals surface area contributed by atoms with Gasteiger partial charge in [0.2, 0.25) is 5.43 Å². The standard InChI is InChI=1S/C6H7ClN2O/c1-9-2-4(7)6(10)5(8)3-9/h2-3H,8H2,1H3. The first-order chi connectivity index (χ1) is 4.61. The van der Waals surface area contributed by atoms with E-state index in [0.29, 0.717) is 0 Å². The number of pyridine rings is 1. The van der Waals surface area contributed by atoms with Crippen molar-refractivity contribution < 1.29 is 0 Å². The van der Waals surface area contributed by atoms with Gasteiger partial charge in [0.15, 0.2) is 0 Å². The van der Waals surface area contributed by atoms with E-state index in [1.165, 1.54) is 12.4 Å². The first-order valence-corrected chi connectivity index (χ1v) is 3.10. The zero-order valence-corrected chi connectivity index (χ0v) is 6.22. The minimum absolute atomic E-state index is 0.155. The van der Waals surface area contributed by atoms with Crippen molar-refractivity contribution in [2.24, 2.45) is 7.05 Å². The van der Waals surface area contributed by atoms with Crippen LogP contribution < -0.4 is 11.2 Å². The predicted molar refractivity (Wildman–Crippen MR) is 41.1 cm³/mol. The third-order valence-corrected chi connectivity index (χ3v) is 1.41. The summed E-state index contributed by atoms with van der Waals surface area (Å²) in [6.45, 7) is 0. The van der Waals surface area contributed by atoms with Gasteiger partial charge in [-0.25, -0.2) is 0 Å². The SMILES string of the molecule is Cn1cc(N)c(=O)c(Cl)c1. The number of aromatic nitrogens is 1. The molecule has 1 aromatic heterocycles. The maximum absolute atomic E-state index is 10.9. The van der Waals surface area contributed by atoms with Crippen molar-refractivity contribution in [3.8, 4) is 0 Å². The molecule has 0 amide bonds. The van der Waals surface area contributed by atoms with Crippen LogP contribution >= 0.6 is 11.6 Å². The van der Waals surface area contributed by atoms with Crippen LogP contribution in [-0.2, 0) is 7.05 Å². The molecule has 0 aromatic carbocycles. The monoisotopic (exact) mass is 158 g/mol. The van der Waals surface area contributed by atoms with Crippen LogP contribution in [0.3, 0.4) is 0 Å². The highest BCUT2D eigenvalue weighted by Gasteiger charge is 1.98. The molecule has 0 aliphatic carbocycles. The maximum atomic E-state index is 10.9. The van der Waals surface area contributed by atoms with Gasteiger partial charge in [-0.05, 0) is 0 Å². The number of nitrogens with zero attached hydrogens (tertiary/aromatic N) is 1. The van der Waals surface area contributed by atoms with Gasteiger partial charge in [0.25, 0.3) is 0 Å². The Morgan fingerprint density at radius 3 is 2.70 bits per heavy atom. The molecule has 0 unspecified atom stereocenters. The zero-order valence-electron chi connectivity index (χ0n) is 5.47. The Balaban J connectivity index is 3.46. The lowest BCUT2D eigenvalue weighted by Gasteiger charge is -1.98. The van der Waals surface area contributed by atoms with Crippen molar-refractivity contribution in [3.63, 3.8) is 0 Å². The molecule has 0 bridgehead atoms. The molecule has 0 saturated carbocycles. The van der Waals surface area contributed by atoms with Crippen molar-refractivity contribution in [2.45, 2.75) is 0 Å². The van der Waals surface area contributed by atoms with E-state index in [-0.39, 0.29) is 16.1 Å². The Bertz CT molecular complexity index is 279. The summed E-state index contributed by atoms with van der Waals surface area (Å²) >= 11 is 5.51. The van der Waals surface area contributed by atoms with E-state index >= 15 is 0 Å². The van der Waals surface area contributed by atoms with E-state index in [4.69, 9.17) is 17.3 Å². The highest BCUT2D eigenvalue weighted by molar-refractivity contribution is 6.30. The second-order valence-corrected chi connectivity index (χ2v) is 2.46. The van der Waals surface area contributed by atoms with Crippen LogP contribution in [0.25, 0.3) is 0 Å². The lowest BCUT2D eigenvalue weighted by molar-refractivity contribution is 0.903. The second-order valence-electron chi connectivity index (χ2n) is 2.06. The molecule has 0 atom stereocenters. The topological polar surface area (TPSA) is 48.0 Å².